The zero-order valence-electron chi connectivity index (χ0n) is 6.80. The highest BCUT2D eigenvalue weighted by atomic mass is 35.5. The zero-order valence-corrected chi connectivity index (χ0v) is 8.31. The second-order valence-electron chi connectivity index (χ2n) is 2.50. The Hall–Kier alpha value is -0.930. The van der Waals surface area contributed by atoms with Gasteiger partial charge in [-0.15, -0.1) is 0 Å². The van der Waals surface area contributed by atoms with E-state index in [1.165, 1.54) is 0 Å². The SMILES string of the molecule is NN=C(N)Cc1c(Cl)cccc1Cl. The molecule has 0 aliphatic heterocycles. The third-order valence-electron chi connectivity index (χ3n) is 1.59. The van der Waals surface area contributed by atoms with E-state index < -0.39 is 0 Å². The van der Waals surface area contributed by atoms with Gasteiger partial charge in [-0.1, -0.05) is 29.3 Å². The molecule has 4 N–H and O–H groups in total. The number of benzene rings is 1. The molecule has 5 heteroatoms. The van der Waals surface area contributed by atoms with E-state index in [2.05, 4.69) is 5.10 Å². The molecular formula is C8H9Cl2N3. The van der Waals surface area contributed by atoms with E-state index in [-0.39, 0.29) is 0 Å². The molecule has 0 aromatic heterocycles. The number of hydrogen-bond donors (Lipinski definition) is 2. The van der Waals surface area contributed by atoms with E-state index in [0.29, 0.717) is 22.3 Å². The largest absolute Gasteiger partial charge is 0.385 e. The van der Waals surface area contributed by atoms with Crippen LogP contribution in [0.4, 0.5) is 0 Å². The van der Waals surface area contributed by atoms with E-state index in [0.717, 1.165) is 5.56 Å². The fraction of sp³-hybridized carbons (Fsp3) is 0.125. The third kappa shape index (κ3) is 2.50. The lowest BCUT2D eigenvalue weighted by molar-refractivity contribution is 1.17. The minimum Gasteiger partial charge on any atom is -0.385 e. The maximum absolute atomic E-state index is 5.89. The maximum atomic E-state index is 5.89. The zero-order chi connectivity index (χ0) is 9.84. The monoisotopic (exact) mass is 217 g/mol. The van der Waals surface area contributed by atoms with Gasteiger partial charge < -0.3 is 11.6 Å². The Morgan fingerprint density at radius 3 is 2.31 bits per heavy atom. The van der Waals surface area contributed by atoms with Gasteiger partial charge in [0.05, 0.1) is 0 Å². The van der Waals surface area contributed by atoms with Crippen LogP contribution in [-0.2, 0) is 6.42 Å². The van der Waals surface area contributed by atoms with E-state index in [1.54, 1.807) is 18.2 Å². The summed E-state index contributed by atoms with van der Waals surface area (Å²) in [6, 6.07) is 5.25. The quantitative estimate of drug-likeness (QED) is 0.344. The van der Waals surface area contributed by atoms with Crippen LogP contribution in [0.1, 0.15) is 5.56 Å². The van der Waals surface area contributed by atoms with Crippen molar-refractivity contribution in [3.8, 4) is 0 Å². The smallest absolute Gasteiger partial charge is 0.123 e. The molecule has 1 rings (SSSR count). The Bertz CT molecular complexity index is 316. The summed E-state index contributed by atoms with van der Waals surface area (Å²) in [6.07, 6.45) is 0.370. The van der Waals surface area contributed by atoms with Crippen LogP contribution in [0.15, 0.2) is 23.3 Å². The molecule has 0 bridgehead atoms. The molecule has 0 atom stereocenters. The van der Waals surface area contributed by atoms with E-state index in [1.807, 2.05) is 0 Å². The first-order valence-corrected chi connectivity index (χ1v) is 4.36. The number of rotatable bonds is 2. The van der Waals surface area contributed by atoms with Crippen LogP contribution in [0, 0.1) is 0 Å². The Labute approximate surface area is 86.3 Å². The van der Waals surface area contributed by atoms with Crippen LogP contribution in [-0.4, -0.2) is 5.84 Å². The molecule has 70 valence electrons. The molecule has 3 nitrogen and oxygen atoms in total. The minimum atomic E-state index is 0.301. The van der Waals surface area contributed by atoms with E-state index in [4.69, 9.17) is 34.8 Å². The van der Waals surface area contributed by atoms with Gasteiger partial charge in [0.15, 0.2) is 0 Å². The summed E-state index contributed by atoms with van der Waals surface area (Å²) in [5.41, 5.74) is 6.20. The first-order valence-electron chi connectivity index (χ1n) is 3.60. The summed E-state index contributed by atoms with van der Waals surface area (Å²) >= 11 is 11.8. The van der Waals surface area contributed by atoms with E-state index >= 15 is 0 Å². The Morgan fingerprint density at radius 1 is 1.31 bits per heavy atom. The van der Waals surface area contributed by atoms with Gasteiger partial charge in [0.25, 0.3) is 0 Å². The summed E-state index contributed by atoms with van der Waals surface area (Å²) in [7, 11) is 0. The standard InChI is InChI=1S/C8H9Cl2N3/c9-6-2-1-3-7(10)5(6)4-8(11)13-12/h1-3H,4,12H2,(H2,11,13). The highest BCUT2D eigenvalue weighted by Gasteiger charge is 2.06. The van der Waals surface area contributed by atoms with Gasteiger partial charge in [-0.3, -0.25) is 0 Å². The average Bonchev–Trinajstić information content (AvgIpc) is 2.11. The van der Waals surface area contributed by atoms with Gasteiger partial charge in [-0.25, -0.2) is 0 Å². The molecule has 0 saturated carbocycles. The molecule has 0 fully saturated rings. The highest BCUT2D eigenvalue weighted by molar-refractivity contribution is 6.36. The van der Waals surface area contributed by atoms with Gasteiger partial charge in [-0.2, -0.15) is 5.10 Å². The minimum absolute atomic E-state index is 0.301. The average molecular weight is 218 g/mol. The van der Waals surface area contributed by atoms with Crippen LogP contribution in [0.5, 0.6) is 0 Å². The predicted molar refractivity (Wildman–Crippen MR) is 56.0 cm³/mol. The van der Waals surface area contributed by atoms with Gasteiger partial charge in [0.1, 0.15) is 5.84 Å². The number of amidine groups is 1. The van der Waals surface area contributed by atoms with E-state index in [9.17, 15) is 0 Å². The summed E-state index contributed by atoms with van der Waals surface area (Å²) in [4.78, 5) is 0. The molecule has 0 amide bonds. The summed E-state index contributed by atoms with van der Waals surface area (Å²) < 4.78 is 0. The normalized spacial score (nSPS) is 11.7. The van der Waals surface area contributed by atoms with Gasteiger partial charge in [0.2, 0.25) is 0 Å². The summed E-state index contributed by atoms with van der Waals surface area (Å²) in [5, 5.41) is 4.48. The van der Waals surface area contributed by atoms with Crippen molar-refractivity contribution in [3.05, 3.63) is 33.8 Å². The lowest BCUT2D eigenvalue weighted by Crippen LogP contribution is -2.17. The van der Waals surface area contributed by atoms with Crippen LogP contribution in [0.3, 0.4) is 0 Å². The highest BCUT2D eigenvalue weighted by Crippen LogP contribution is 2.24. The van der Waals surface area contributed by atoms with Crippen LogP contribution < -0.4 is 11.6 Å². The predicted octanol–water partition coefficient (Wildman–Crippen LogP) is 1.77. The van der Waals surface area contributed by atoms with Crippen LogP contribution >= 0.6 is 23.2 Å². The number of nitrogens with zero attached hydrogens (tertiary/aromatic N) is 1. The van der Waals surface area contributed by atoms with Crippen molar-refractivity contribution < 1.29 is 0 Å². The number of halogens is 2. The maximum Gasteiger partial charge on any atom is 0.123 e. The van der Waals surface area contributed by atoms with Crippen molar-refractivity contribution in [2.45, 2.75) is 6.42 Å². The Morgan fingerprint density at radius 2 is 1.85 bits per heavy atom. The first-order chi connectivity index (χ1) is 6.15. The lowest BCUT2D eigenvalue weighted by Gasteiger charge is -2.04. The molecule has 0 spiro atoms. The molecule has 0 heterocycles. The topological polar surface area (TPSA) is 64.4 Å². The van der Waals surface area contributed by atoms with Crippen molar-refractivity contribution >= 4 is 29.0 Å². The summed E-state index contributed by atoms with van der Waals surface area (Å²) in [6.45, 7) is 0. The molecular weight excluding hydrogens is 209 g/mol. The van der Waals surface area contributed by atoms with Gasteiger partial charge in [0, 0.05) is 16.5 Å². The van der Waals surface area contributed by atoms with Crippen molar-refractivity contribution in [1.29, 1.82) is 0 Å². The number of nitrogens with two attached hydrogens (primary N) is 2. The van der Waals surface area contributed by atoms with Gasteiger partial charge >= 0.3 is 0 Å². The van der Waals surface area contributed by atoms with Crippen molar-refractivity contribution in [1.82, 2.24) is 0 Å². The molecule has 1 aromatic carbocycles. The van der Waals surface area contributed by atoms with Gasteiger partial charge in [-0.05, 0) is 17.7 Å². The van der Waals surface area contributed by atoms with Crippen molar-refractivity contribution in [2.75, 3.05) is 0 Å². The third-order valence-corrected chi connectivity index (χ3v) is 2.29. The molecule has 1 aromatic rings. The summed E-state index contributed by atoms with van der Waals surface area (Å²) in [5.74, 6) is 5.30. The Balaban J connectivity index is 3.00. The Kier molecular flexibility index (Phi) is 3.39. The molecule has 0 saturated heterocycles. The second kappa shape index (κ2) is 4.35. The fourth-order valence-electron chi connectivity index (χ4n) is 0.928. The molecule has 0 aliphatic rings. The first kappa shape index (κ1) is 10.2. The molecule has 0 unspecified atom stereocenters. The van der Waals surface area contributed by atoms with Crippen LogP contribution in [0.25, 0.3) is 0 Å². The van der Waals surface area contributed by atoms with Crippen LogP contribution in [0.2, 0.25) is 10.0 Å². The second-order valence-corrected chi connectivity index (χ2v) is 3.31. The lowest BCUT2D eigenvalue weighted by atomic mass is 10.1. The fourth-order valence-corrected chi connectivity index (χ4v) is 1.46. The van der Waals surface area contributed by atoms with Crippen molar-refractivity contribution in [3.63, 3.8) is 0 Å². The van der Waals surface area contributed by atoms with Crippen molar-refractivity contribution in [2.24, 2.45) is 16.7 Å². The number of hydrazone groups is 1. The number of hydrogen-bond acceptors (Lipinski definition) is 2. The molecule has 0 aliphatic carbocycles. The molecule has 13 heavy (non-hydrogen) atoms. The molecule has 0 radical (unpaired) electrons.